The highest BCUT2D eigenvalue weighted by Gasteiger charge is 2.02. The fraction of sp³-hybridized carbons (Fsp3) is 0.667. The van der Waals surface area contributed by atoms with Gasteiger partial charge in [-0.1, -0.05) is 0 Å². The first-order valence-electron chi connectivity index (χ1n) is 4.43. The monoisotopic (exact) mass is 183 g/mol. The van der Waals surface area contributed by atoms with Crippen LogP contribution in [0.1, 0.15) is 12.6 Å². The van der Waals surface area contributed by atoms with Crippen molar-refractivity contribution in [1.82, 2.24) is 15.1 Å². The summed E-state index contributed by atoms with van der Waals surface area (Å²) in [7, 11) is 3.65. The largest absolute Gasteiger partial charge is 0.383 e. The quantitative estimate of drug-likeness (QED) is 0.724. The van der Waals surface area contributed by atoms with E-state index in [2.05, 4.69) is 17.3 Å². The van der Waals surface area contributed by atoms with Crippen LogP contribution in [0.5, 0.6) is 0 Å². The van der Waals surface area contributed by atoms with E-state index >= 15 is 0 Å². The Morgan fingerprint density at radius 2 is 2.46 bits per heavy atom. The second-order valence-electron chi connectivity index (χ2n) is 3.18. The van der Waals surface area contributed by atoms with E-state index < -0.39 is 0 Å². The van der Waals surface area contributed by atoms with Gasteiger partial charge in [0.05, 0.1) is 12.3 Å². The van der Waals surface area contributed by atoms with E-state index in [0.29, 0.717) is 6.04 Å². The predicted molar refractivity (Wildman–Crippen MR) is 51.4 cm³/mol. The second-order valence-corrected chi connectivity index (χ2v) is 3.18. The SMILES string of the molecule is COCC(C)NCc1ccnn1C. The number of aromatic nitrogens is 2. The van der Waals surface area contributed by atoms with Crippen LogP contribution in [0.25, 0.3) is 0 Å². The zero-order valence-electron chi connectivity index (χ0n) is 8.45. The molecule has 1 unspecified atom stereocenters. The fourth-order valence-electron chi connectivity index (χ4n) is 1.16. The molecule has 13 heavy (non-hydrogen) atoms. The van der Waals surface area contributed by atoms with Crippen LogP contribution in [0.15, 0.2) is 12.3 Å². The summed E-state index contributed by atoms with van der Waals surface area (Å²) in [6.45, 7) is 3.67. The van der Waals surface area contributed by atoms with Gasteiger partial charge >= 0.3 is 0 Å². The van der Waals surface area contributed by atoms with Crippen molar-refractivity contribution < 1.29 is 4.74 Å². The number of nitrogens with one attached hydrogen (secondary N) is 1. The van der Waals surface area contributed by atoms with Gasteiger partial charge in [0.2, 0.25) is 0 Å². The Labute approximate surface area is 78.9 Å². The summed E-state index contributed by atoms with van der Waals surface area (Å²) in [6, 6.07) is 2.38. The van der Waals surface area contributed by atoms with Gasteiger partial charge < -0.3 is 10.1 Å². The first-order chi connectivity index (χ1) is 6.24. The van der Waals surface area contributed by atoms with E-state index in [1.165, 1.54) is 5.69 Å². The molecule has 0 fully saturated rings. The Morgan fingerprint density at radius 3 is 3.00 bits per heavy atom. The van der Waals surface area contributed by atoms with E-state index in [9.17, 15) is 0 Å². The number of hydrogen-bond donors (Lipinski definition) is 1. The number of hydrogen-bond acceptors (Lipinski definition) is 3. The molecule has 1 N–H and O–H groups in total. The van der Waals surface area contributed by atoms with E-state index in [4.69, 9.17) is 4.74 Å². The van der Waals surface area contributed by atoms with Crippen molar-refractivity contribution in [3.8, 4) is 0 Å². The molecule has 1 aromatic heterocycles. The molecular formula is C9H17N3O. The van der Waals surface area contributed by atoms with Crippen molar-refractivity contribution in [2.24, 2.45) is 7.05 Å². The zero-order chi connectivity index (χ0) is 9.68. The van der Waals surface area contributed by atoms with E-state index in [0.717, 1.165) is 13.2 Å². The van der Waals surface area contributed by atoms with Crippen LogP contribution in [-0.2, 0) is 18.3 Å². The predicted octanol–water partition coefficient (Wildman–Crippen LogP) is 0.545. The highest BCUT2D eigenvalue weighted by molar-refractivity contribution is 4.99. The second kappa shape index (κ2) is 4.99. The molecule has 4 heteroatoms. The van der Waals surface area contributed by atoms with Crippen molar-refractivity contribution in [3.05, 3.63) is 18.0 Å². The van der Waals surface area contributed by atoms with Crippen molar-refractivity contribution in [1.29, 1.82) is 0 Å². The fourth-order valence-corrected chi connectivity index (χ4v) is 1.16. The summed E-state index contributed by atoms with van der Waals surface area (Å²) in [4.78, 5) is 0. The maximum absolute atomic E-state index is 5.02. The molecule has 0 spiro atoms. The lowest BCUT2D eigenvalue weighted by atomic mass is 10.3. The van der Waals surface area contributed by atoms with E-state index in [-0.39, 0.29) is 0 Å². The molecule has 74 valence electrons. The number of aryl methyl sites for hydroxylation is 1. The molecule has 0 amide bonds. The third kappa shape index (κ3) is 3.16. The average molecular weight is 183 g/mol. The minimum atomic E-state index is 0.375. The number of nitrogens with zero attached hydrogens (tertiary/aromatic N) is 2. The molecular weight excluding hydrogens is 166 g/mol. The molecule has 1 heterocycles. The first-order valence-corrected chi connectivity index (χ1v) is 4.43. The van der Waals surface area contributed by atoms with Gasteiger partial charge in [0.1, 0.15) is 0 Å². The Kier molecular flexibility index (Phi) is 3.92. The number of rotatable bonds is 5. The molecule has 0 saturated carbocycles. The summed E-state index contributed by atoms with van der Waals surface area (Å²) in [5.41, 5.74) is 1.18. The summed E-state index contributed by atoms with van der Waals surface area (Å²) >= 11 is 0. The van der Waals surface area contributed by atoms with Gasteiger partial charge in [0.15, 0.2) is 0 Å². The summed E-state index contributed by atoms with van der Waals surface area (Å²) in [6.07, 6.45) is 1.80. The first kappa shape index (κ1) is 10.2. The summed E-state index contributed by atoms with van der Waals surface area (Å²) in [5.74, 6) is 0. The molecule has 0 radical (unpaired) electrons. The molecule has 0 aliphatic rings. The molecule has 0 aromatic carbocycles. The van der Waals surface area contributed by atoms with Gasteiger partial charge in [0, 0.05) is 32.9 Å². The lowest BCUT2D eigenvalue weighted by Gasteiger charge is -2.12. The van der Waals surface area contributed by atoms with Crippen molar-refractivity contribution in [2.75, 3.05) is 13.7 Å². The van der Waals surface area contributed by atoms with Crippen molar-refractivity contribution in [3.63, 3.8) is 0 Å². The molecule has 4 nitrogen and oxygen atoms in total. The van der Waals surface area contributed by atoms with Crippen molar-refractivity contribution in [2.45, 2.75) is 19.5 Å². The standard InChI is InChI=1S/C9H17N3O/c1-8(7-13-3)10-6-9-4-5-11-12(9)2/h4-5,8,10H,6-7H2,1-3H3. The van der Waals surface area contributed by atoms with Gasteiger partial charge in [-0.3, -0.25) is 4.68 Å². The Balaban J connectivity index is 2.30. The zero-order valence-corrected chi connectivity index (χ0v) is 8.45. The van der Waals surface area contributed by atoms with Gasteiger partial charge in [-0.05, 0) is 13.0 Å². The van der Waals surface area contributed by atoms with Crippen LogP contribution in [0, 0.1) is 0 Å². The molecule has 0 bridgehead atoms. The summed E-state index contributed by atoms with van der Waals surface area (Å²) in [5, 5.41) is 7.43. The molecule has 1 aromatic rings. The minimum absolute atomic E-state index is 0.375. The van der Waals surface area contributed by atoms with Gasteiger partial charge in [0.25, 0.3) is 0 Å². The van der Waals surface area contributed by atoms with Gasteiger partial charge in [-0.15, -0.1) is 0 Å². The number of ether oxygens (including phenoxy) is 1. The molecule has 1 atom stereocenters. The normalized spacial score (nSPS) is 13.2. The maximum Gasteiger partial charge on any atom is 0.0613 e. The number of methoxy groups -OCH3 is 1. The van der Waals surface area contributed by atoms with Gasteiger partial charge in [-0.2, -0.15) is 5.10 Å². The highest BCUT2D eigenvalue weighted by atomic mass is 16.5. The maximum atomic E-state index is 5.02. The van der Waals surface area contributed by atoms with Crippen LogP contribution in [-0.4, -0.2) is 29.5 Å². The molecule has 0 aliphatic heterocycles. The van der Waals surface area contributed by atoms with E-state index in [1.54, 1.807) is 13.3 Å². The molecule has 1 rings (SSSR count). The average Bonchev–Trinajstić information content (AvgIpc) is 2.48. The smallest absolute Gasteiger partial charge is 0.0613 e. The molecule has 0 saturated heterocycles. The van der Waals surface area contributed by atoms with Crippen LogP contribution in [0.3, 0.4) is 0 Å². The third-order valence-electron chi connectivity index (χ3n) is 1.97. The Hall–Kier alpha value is -0.870. The highest BCUT2D eigenvalue weighted by Crippen LogP contribution is 1.96. The van der Waals surface area contributed by atoms with Crippen LogP contribution < -0.4 is 5.32 Å². The van der Waals surface area contributed by atoms with Crippen LogP contribution >= 0.6 is 0 Å². The lowest BCUT2D eigenvalue weighted by molar-refractivity contribution is 0.171. The Morgan fingerprint density at radius 1 is 1.69 bits per heavy atom. The van der Waals surface area contributed by atoms with Crippen LogP contribution in [0.4, 0.5) is 0 Å². The van der Waals surface area contributed by atoms with E-state index in [1.807, 2.05) is 17.8 Å². The lowest BCUT2D eigenvalue weighted by Crippen LogP contribution is -2.30. The minimum Gasteiger partial charge on any atom is -0.383 e. The Bertz CT molecular complexity index is 247. The molecule has 0 aliphatic carbocycles. The van der Waals surface area contributed by atoms with Crippen molar-refractivity contribution >= 4 is 0 Å². The topological polar surface area (TPSA) is 39.1 Å². The summed E-state index contributed by atoms with van der Waals surface area (Å²) < 4.78 is 6.89. The van der Waals surface area contributed by atoms with Crippen LogP contribution in [0.2, 0.25) is 0 Å². The van der Waals surface area contributed by atoms with Gasteiger partial charge in [-0.25, -0.2) is 0 Å². The third-order valence-corrected chi connectivity index (χ3v) is 1.97.